The molecular formula is C17H22N6O. The van der Waals surface area contributed by atoms with Crippen molar-refractivity contribution in [2.75, 3.05) is 18.8 Å². The van der Waals surface area contributed by atoms with Gasteiger partial charge in [-0.15, -0.1) is 0 Å². The topological polar surface area (TPSA) is 97.0 Å². The lowest BCUT2D eigenvalue weighted by Crippen LogP contribution is -2.47. The van der Waals surface area contributed by atoms with Gasteiger partial charge in [-0.05, 0) is 44.0 Å². The first-order valence-corrected chi connectivity index (χ1v) is 8.13. The number of nitrogen functional groups attached to an aromatic ring is 1. The van der Waals surface area contributed by atoms with Crippen molar-refractivity contribution in [1.82, 2.24) is 25.2 Å². The lowest BCUT2D eigenvalue weighted by molar-refractivity contribution is 0.0895. The molecule has 0 aliphatic carbocycles. The zero-order valence-electron chi connectivity index (χ0n) is 13.8. The van der Waals surface area contributed by atoms with Crippen LogP contribution in [0, 0.1) is 6.92 Å². The molecule has 1 saturated heterocycles. The molecule has 0 bridgehead atoms. The lowest BCUT2D eigenvalue weighted by atomic mass is 10.0. The fourth-order valence-corrected chi connectivity index (χ4v) is 3.03. The van der Waals surface area contributed by atoms with E-state index >= 15 is 0 Å². The van der Waals surface area contributed by atoms with Crippen molar-refractivity contribution in [3.63, 3.8) is 0 Å². The standard InChI is InChI=1S/C17H22N6O/c1-12-8-15(22-17(18)20-12)16(24)21-14-5-3-7-23(11-14)10-13-4-2-6-19-9-13/h2,4,6,8-9,14H,3,5,7,10-11H2,1H3,(H,21,24)(H2,18,20,22)/t14-/m0/s1. The summed E-state index contributed by atoms with van der Waals surface area (Å²) >= 11 is 0. The second-order valence-corrected chi connectivity index (χ2v) is 6.16. The zero-order chi connectivity index (χ0) is 16.9. The molecule has 0 aromatic carbocycles. The first-order valence-electron chi connectivity index (χ1n) is 8.13. The van der Waals surface area contributed by atoms with Crippen molar-refractivity contribution in [3.05, 3.63) is 47.5 Å². The number of piperidine rings is 1. The molecule has 1 fully saturated rings. The quantitative estimate of drug-likeness (QED) is 0.875. The number of likely N-dealkylation sites (tertiary alicyclic amines) is 1. The summed E-state index contributed by atoms with van der Waals surface area (Å²) in [6.45, 7) is 4.49. The molecule has 0 radical (unpaired) electrons. The molecule has 7 nitrogen and oxygen atoms in total. The predicted octanol–water partition coefficient (Wildman–Crippen LogP) is 1.16. The van der Waals surface area contributed by atoms with E-state index in [-0.39, 0.29) is 17.9 Å². The molecule has 1 atom stereocenters. The van der Waals surface area contributed by atoms with Crippen LogP contribution in [-0.2, 0) is 6.54 Å². The monoisotopic (exact) mass is 326 g/mol. The molecule has 0 unspecified atom stereocenters. The molecule has 0 saturated carbocycles. The van der Waals surface area contributed by atoms with Crippen molar-refractivity contribution in [2.24, 2.45) is 0 Å². The number of pyridine rings is 1. The molecule has 126 valence electrons. The van der Waals surface area contributed by atoms with Gasteiger partial charge < -0.3 is 11.1 Å². The summed E-state index contributed by atoms with van der Waals surface area (Å²) in [7, 11) is 0. The molecule has 2 aromatic heterocycles. The predicted molar refractivity (Wildman–Crippen MR) is 91.2 cm³/mol. The number of aromatic nitrogens is 3. The van der Waals surface area contributed by atoms with E-state index in [0.717, 1.165) is 32.5 Å². The van der Waals surface area contributed by atoms with Crippen molar-refractivity contribution in [3.8, 4) is 0 Å². The first-order chi connectivity index (χ1) is 11.6. The van der Waals surface area contributed by atoms with E-state index < -0.39 is 0 Å². The van der Waals surface area contributed by atoms with Crippen molar-refractivity contribution < 1.29 is 4.79 Å². The van der Waals surface area contributed by atoms with Crippen molar-refractivity contribution >= 4 is 11.9 Å². The number of nitrogens with one attached hydrogen (secondary N) is 1. The summed E-state index contributed by atoms with van der Waals surface area (Å²) in [5.74, 6) is -0.0672. The summed E-state index contributed by atoms with van der Waals surface area (Å²) in [6, 6.07) is 5.78. The van der Waals surface area contributed by atoms with Crippen molar-refractivity contribution in [1.29, 1.82) is 0 Å². The number of carbonyl (C=O) groups is 1. The number of anilines is 1. The molecular weight excluding hydrogens is 304 g/mol. The minimum Gasteiger partial charge on any atom is -0.368 e. The van der Waals surface area contributed by atoms with Gasteiger partial charge in [-0.25, -0.2) is 9.97 Å². The van der Waals surface area contributed by atoms with E-state index in [2.05, 4.69) is 31.2 Å². The van der Waals surface area contributed by atoms with Crippen LogP contribution in [0.2, 0.25) is 0 Å². The molecule has 24 heavy (non-hydrogen) atoms. The van der Waals surface area contributed by atoms with Crippen molar-refractivity contribution in [2.45, 2.75) is 32.4 Å². The Morgan fingerprint density at radius 3 is 3.08 bits per heavy atom. The van der Waals surface area contributed by atoms with Crippen LogP contribution in [-0.4, -0.2) is 44.9 Å². The molecule has 3 heterocycles. The van der Waals surface area contributed by atoms with Crippen LogP contribution in [0.3, 0.4) is 0 Å². The highest BCUT2D eigenvalue weighted by molar-refractivity contribution is 5.92. The summed E-state index contributed by atoms with van der Waals surface area (Å²) in [5.41, 5.74) is 7.82. The van der Waals surface area contributed by atoms with E-state index in [1.807, 2.05) is 12.3 Å². The van der Waals surface area contributed by atoms with Crippen LogP contribution in [0.15, 0.2) is 30.6 Å². The SMILES string of the molecule is Cc1cc(C(=O)N[C@H]2CCCN(Cc3cccnc3)C2)nc(N)n1. The van der Waals surface area contributed by atoms with Crippen LogP contribution in [0.1, 0.15) is 34.6 Å². The summed E-state index contributed by atoms with van der Waals surface area (Å²) in [6.07, 6.45) is 5.68. The smallest absolute Gasteiger partial charge is 0.270 e. The molecule has 2 aromatic rings. The number of nitrogens with two attached hydrogens (primary N) is 1. The van der Waals surface area contributed by atoms with Gasteiger partial charge in [0.2, 0.25) is 5.95 Å². The number of rotatable bonds is 4. The molecule has 1 aliphatic rings. The highest BCUT2D eigenvalue weighted by Crippen LogP contribution is 2.14. The highest BCUT2D eigenvalue weighted by atomic mass is 16.2. The Balaban J connectivity index is 1.59. The van der Waals surface area contributed by atoms with E-state index in [4.69, 9.17) is 5.73 Å². The van der Waals surface area contributed by atoms with Gasteiger partial charge in [0.05, 0.1) is 0 Å². The molecule has 3 N–H and O–H groups in total. The average Bonchev–Trinajstić information content (AvgIpc) is 2.55. The van der Waals surface area contributed by atoms with Crippen LogP contribution in [0.5, 0.6) is 0 Å². The average molecular weight is 326 g/mol. The third-order valence-corrected chi connectivity index (χ3v) is 4.07. The first kappa shape index (κ1) is 16.3. The van der Waals surface area contributed by atoms with Crippen LogP contribution in [0.25, 0.3) is 0 Å². The third-order valence-electron chi connectivity index (χ3n) is 4.07. The van der Waals surface area contributed by atoms with E-state index in [1.165, 1.54) is 5.56 Å². The summed E-state index contributed by atoms with van der Waals surface area (Å²) < 4.78 is 0. The highest BCUT2D eigenvalue weighted by Gasteiger charge is 2.22. The second-order valence-electron chi connectivity index (χ2n) is 6.16. The van der Waals surface area contributed by atoms with Gasteiger partial charge in [-0.2, -0.15) is 0 Å². The molecule has 7 heteroatoms. The van der Waals surface area contributed by atoms with Gasteiger partial charge in [0, 0.05) is 37.2 Å². The summed E-state index contributed by atoms with van der Waals surface area (Å²) in [5, 5.41) is 3.06. The Bertz CT molecular complexity index is 685. The normalized spacial score (nSPS) is 18.3. The van der Waals surface area contributed by atoms with Gasteiger partial charge in [0.1, 0.15) is 5.69 Å². The maximum absolute atomic E-state index is 12.4. The molecule has 3 rings (SSSR count). The Morgan fingerprint density at radius 1 is 1.46 bits per heavy atom. The maximum Gasteiger partial charge on any atom is 0.270 e. The van der Waals surface area contributed by atoms with E-state index in [1.54, 1.807) is 19.2 Å². The Hall–Kier alpha value is -2.54. The molecule has 1 amide bonds. The second kappa shape index (κ2) is 7.35. The number of aryl methyl sites for hydroxylation is 1. The van der Waals surface area contributed by atoms with E-state index in [9.17, 15) is 4.79 Å². The molecule has 1 aliphatic heterocycles. The number of carbonyl (C=O) groups excluding carboxylic acids is 1. The summed E-state index contributed by atoms with van der Waals surface area (Å²) in [4.78, 5) is 26.9. The number of hydrogen-bond acceptors (Lipinski definition) is 6. The zero-order valence-corrected chi connectivity index (χ0v) is 13.8. The van der Waals surface area contributed by atoms with Gasteiger partial charge in [-0.3, -0.25) is 14.7 Å². The maximum atomic E-state index is 12.4. The van der Waals surface area contributed by atoms with Crippen LogP contribution in [0.4, 0.5) is 5.95 Å². The van der Waals surface area contributed by atoms with Gasteiger partial charge >= 0.3 is 0 Å². The molecule has 0 spiro atoms. The minimum atomic E-state index is -0.194. The van der Waals surface area contributed by atoms with Gasteiger partial charge in [0.25, 0.3) is 5.91 Å². The largest absolute Gasteiger partial charge is 0.368 e. The Labute approximate surface area is 141 Å². The number of nitrogens with zero attached hydrogens (tertiary/aromatic N) is 4. The van der Waals surface area contributed by atoms with E-state index in [0.29, 0.717) is 11.4 Å². The Kier molecular flexibility index (Phi) is 5.00. The number of hydrogen-bond donors (Lipinski definition) is 2. The van der Waals surface area contributed by atoms with Crippen LogP contribution >= 0.6 is 0 Å². The third kappa shape index (κ3) is 4.26. The number of amides is 1. The fraction of sp³-hybridized carbons (Fsp3) is 0.412. The van der Waals surface area contributed by atoms with Gasteiger partial charge in [0.15, 0.2) is 0 Å². The lowest BCUT2D eigenvalue weighted by Gasteiger charge is -2.33. The van der Waals surface area contributed by atoms with Gasteiger partial charge in [-0.1, -0.05) is 6.07 Å². The minimum absolute atomic E-state index is 0.111. The Morgan fingerprint density at radius 2 is 2.33 bits per heavy atom. The fourth-order valence-electron chi connectivity index (χ4n) is 3.03. The van der Waals surface area contributed by atoms with Crippen LogP contribution < -0.4 is 11.1 Å².